The first-order valence-corrected chi connectivity index (χ1v) is 15.3. The SMILES string of the molecule is Cc1cc(C2C(c3ccccn3)NC(=S)N2c2ccc(Sc3ccc([N+](=O)[O-])cc3)cc2)c(C)n1-c1ccc(Br)cc1. The molecule has 0 saturated carbocycles. The summed E-state index contributed by atoms with van der Waals surface area (Å²) >= 11 is 11.1. The van der Waals surface area contributed by atoms with Crippen molar-refractivity contribution in [3.63, 3.8) is 0 Å². The van der Waals surface area contributed by atoms with E-state index in [0.717, 1.165) is 42.7 Å². The fourth-order valence-corrected chi connectivity index (χ4v) is 6.90. The highest BCUT2D eigenvalue weighted by atomic mass is 79.9. The molecular weight excluding hydrogens is 630 g/mol. The molecule has 0 aliphatic carbocycles. The number of benzene rings is 3. The number of nitro groups is 1. The van der Waals surface area contributed by atoms with Gasteiger partial charge in [0.25, 0.3) is 5.69 Å². The summed E-state index contributed by atoms with van der Waals surface area (Å²) in [7, 11) is 0. The molecule has 2 aromatic heterocycles. The zero-order valence-electron chi connectivity index (χ0n) is 22.8. The Hall–Kier alpha value is -3.99. The zero-order chi connectivity index (χ0) is 29.4. The minimum Gasteiger partial charge on any atom is -0.351 e. The van der Waals surface area contributed by atoms with E-state index >= 15 is 0 Å². The van der Waals surface area contributed by atoms with Crippen molar-refractivity contribution in [1.29, 1.82) is 0 Å². The number of anilines is 1. The maximum Gasteiger partial charge on any atom is 0.269 e. The Morgan fingerprint density at radius 3 is 2.19 bits per heavy atom. The quantitative estimate of drug-likeness (QED) is 0.107. The van der Waals surface area contributed by atoms with E-state index < -0.39 is 0 Å². The molecule has 3 aromatic carbocycles. The number of halogens is 1. The van der Waals surface area contributed by atoms with Crippen molar-refractivity contribution in [2.45, 2.75) is 35.7 Å². The smallest absolute Gasteiger partial charge is 0.269 e. The summed E-state index contributed by atoms with van der Waals surface area (Å²) in [5.41, 5.74) is 6.52. The van der Waals surface area contributed by atoms with E-state index in [1.54, 1.807) is 23.9 Å². The Bertz CT molecular complexity index is 1760. The molecule has 1 fully saturated rings. The number of thiocarbonyl (C=S) groups is 1. The maximum absolute atomic E-state index is 11.0. The molecule has 7 nitrogen and oxygen atoms in total. The Morgan fingerprint density at radius 2 is 1.57 bits per heavy atom. The van der Waals surface area contributed by atoms with E-state index in [4.69, 9.17) is 17.2 Å². The molecule has 2 atom stereocenters. The van der Waals surface area contributed by atoms with Crippen LogP contribution in [0, 0.1) is 24.0 Å². The fourth-order valence-electron chi connectivity index (χ4n) is 5.47. The fraction of sp³-hybridized carbons (Fsp3) is 0.125. The van der Waals surface area contributed by atoms with E-state index in [9.17, 15) is 10.1 Å². The predicted molar refractivity (Wildman–Crippen MR) is 175 cm³/mol. The standard InChI is InChI=1S/C32H26BrN5O2S2/c1-20-19-28(21(2)36(20)23-8-6-22(33)7-9-23)31-30(29-5-3-4-18-34-29)35-32(41)37(31)24-10-14-26(15-11-24)42-27-16-12-25(13-17-27)38(39)40/h3-19,30-31H,1-2H3,(H,35,41). The summed E-state index contributed by atoms with van der Waals surface area (Å²) in [4.78, 5) is 19.4. The molecule has 0 bridgehead atoms. The van der Waals surface area contributed by atoms with Crippen LogP contribution in [-0.2, 0) is 0 Å². The number of pyridine rings is 1. The first-order valence-electron chi connectivity index (χ1n) is 13.3. The minimum absolute atomic E-state index is 0.0812. The van der Waals surface area contributed by atoms with Gasteiger partial charge in [-0.1, -0.05) is 33.8 Å². The lowest BCUT2D eigenvalue weighted by atomic mass is 9.96. The number of nitro benzene ring substituents is 1. The third kappa shape index (κ3) is 5.45. The van der Waals surface area contributed by atoms with Gasteiger partial charge in [0.15, 0.2) is 5.11 Å². The van der Waals surface area contributed by atoms with Gasteiger partial charge in [0.1, 0.15) is 0 Å². The van der Waals surface area contributed by atoms with Crippen LogP contribution in [0.15, 0.2) is 118 Å². The Balaban J connectivity index is 1.37. The van der Waals surface area contributed by atoms with Crippen molar-refractivity contribution in [3.8, 4) is 5.69 Å². The van der Waals surface area contributed by atoms with Crippen LogP contribution in [0.4, 0.5) is 11.4 Å². The average Bonchev–Trinajstić information content (AvgIpc) is 3.49. The average molecular weight is 657 g/mol. The van der Waals surface area contributed by atoms with E-state index in [1.807, 2.05) is 24.4 Å². The van der Waals surface area contributed by atoms with Crippen molar-refractivity contribution in [3.05, 3.63) is 140 Å². The molecule has 0 radical (unpaired) electrons. The molecule has 5 aromatic rings. The second-order valence-corrected chi connectivity index (χ2v) is 12.4. The third-order valence-electron chi connectivity index (χ3n) is 7.37. The van der Waals surface area contributed by atoms with Gasteiger partial charge in [-0.2, -0.15) is 0 Å². The number of rotatable bonds is 7. The van der Waals surface area contributed by atoms with Crippen LogP contribution < -0.4 is 10.2 Å². The van der Waals surface area contributed by atoms with E-state index in [2.05, 4.69) is 99.2 Å². The molecule has 0 amide bonds. The van der Waals surface area contributed by atoms with Gasteiger partial charge in [-0.25, -0.2) is 0 Å². The van der Waals surface area contributed by atoms with Crippen LogP contribution in [0.5, 0.6) is 0 Å². The molecule has 3 heterocycles. The van der Waals surface area contributed by atoms with Gasteiger partial charge < -0.3 is 14.8 Å². The molecular formula is C32H26BrN5O2S2. The summed E-state index contributed by atoms with van der Waals surface area (Å²) in [6, 6.07) is 31.1. The summed E-state index contributed by atoms with van der Waals surface area (Å²) in [5, 5.41) is 15.2. The molecule has 1 saturated heterocycles. The molecule has 1 aliphatic rings. The Kier molecular flexibility index (Phi) is 7.85. The topological polar surface area (TPSA) is 76.2 Å². The second kappa shape index (κ2) is 11.7. The van der Waals surface area contributed by atoms with Crippen molar-refractivity contribution < 1.29 is 4.92 Å². The van der Waals surface area contributed by atoms with Crippen molar-refractivity contribution >= 4 is 56.4 Å². The van der Waals surface area contributed by atoms with Crippen LogP contribution in [0.1, 0.15) is 34.7 Å². The zero-order valence-corrected chi connectivity index (χ0v) is 26.0. The number of hydrogen-bond acceptors (Lipinski definition) is 5. The number of aromatic nitrogens is 2. The first-order chi connectivity index (χ1) is 20.3. The Morgan fingerprint density at radius 1 is 0.929 bits per heavy atom. The third-order valence-corrected chi connectivity index (χ3v) is 9.23. The predicted octanol–water partition coefficient (Wildman–Crippen LogP) is 8.49. The summed E-state index contributed by atoms with van der Waals surface area (Å²) < 4.78 is 3.32. The van der Waals surface area contributed by atoms with Crippen LogP contribution in [0.2, 0.25) is 0 Å². The highest BCUT2D eigenvalue weighted by Crippen LogP contribution is 2.44. The summed E-state index contributed by atoms with van der Waals surface area (Å²) in [5.74, 6) is 0. The van der Waals surface area contributed by atoms with E-state index in [-0.39, 0.29) is 22.7 Å². The lowest BCUT2D eigenvalue weighted by Crippen LogP contribution is -2.29. The number of nitrogens with zero attached hydrogens (tertiary/aromatic N) is 4. The van der Waals surface area contributed by atoms with Gasteiger partial charge in [0.05, 0.1) is 22.7 Å². The number of non-ortho nitro benzene ring substituents is 1. The van der Waals surface area contributed by atoms with E-state index in [1.165, 1.54) is 17.7 Å². The molecule has 1 N–H and O–H groups in total. The monoisotopic (exact) mass is 655 g/mol. The van der Waals surface area contributed by atoms with Crippen LogP contribution in [-0.4, -0.2) is 19.6 Å². The molecule has 210 valence electrons. The molecule has 42 heavy (non-hydrogen) atoms. The summed E-state index contributed by atoms with van der Waals surface area (Å²) in [6.45, 7) is 4.28. The van der Waals surface area contributed by atoms with Crippen LogP contribution in [0.3, 0.4) is 0 Å². The van der Waals surface area contributed by atoms with E-state index in [0.29, 0.717) is 5.11 Å². The molecule has 1 aliphatic heterocycles. The Labute approximate surface area is 261 Å². The van der Waals surface area contributed by atoms with Gasteiger partial charge >= 0.3 is 0 Å². The molecule has 6 rings (SSSR count). The highest BCUT2D eigenvalue weighted by molar-refractivity contribution is 9.10. The van der Waals surface area contributed by atoms with Crippen LogP contribution in [0.25, 0.3) is 5.69 Å². The van der Waals surface area contributed by atoms with Crippen molar-refractivity contribution in [2.24, 2.45) is 0 Å². The van der Waals surface area contributed by atoms with Gasteiger partial charge in [-0.05, 0) is 110 Å². The number of aryl methyl sites for hydroxylation is 1. The number of nitrogens with one attached hydrogen (secondary N) is 1. The van der Waals surface area contributed by atoms with Crippen molar-refractivity contribution in [2.75, 3.05) is 4.90 Å². The van der Waals surface area contributed by atoms with Gasteiger partial charge in [-0.15, -0.1) is 0 Å². The largest absolute Gasteiger partial charge is 0.351 e. The molecule has 0 spiro atoms. The molecule has 2 unspecified atom stereocenters. The van der Waals surface area contributed by atoms with Gasteiger partial charge in [-0.3, -0.25) is 15.1 Å². The van der Waals surface area contributed by atoms with Gasteiger partial charge in [0, 0.05) is 55.4 Å². The van der Waals surface area contributed by atoms with Crippen molar-refractivity contribution in [1.82, 2.24) is 14.9 Å². The minimum atomic E-state index is -0.388. The second-order valence-electron chi connectivity index (χ2n) is 9.98. The lowest BCUT2D eigenvalue weighted by molar-refractivity contribution is -0.384. The first kappa shape index (κ1) is 28.1. The maximum atomic E-state index is 11.0. The normalized spacial score (nSPS) is 16.5. The van der Waals surface area contributed by atoms with Gasteiger partial charge in [0.2, 0.25) is 0 Å². The van der Waals surface area contributed by atoms with Crippen LogP contribution >= 0.6 is 39.9 Å². The summed E-state index contributed by atoms with van der Waals surface area (Å²) in [6.07, 6.45) is 1.81. The molecule has 10 heteroatoms. The lowest BCUT2D eigenvalue weighted by Gasteiger charge is -2.28. The highest BCUT2D eigenvalue weighted by Gasteiger charge is 2.42. The number of hydrogen-bond donors (Lipinski definition) is 1.